The van der Waals surface area contributed by atoms with Crippen molar-refractivity contribution in [2.75, 3.05) is 5.32 Å². The molecule has 0 radical (unpaired) electrons. The Hall–Kier alpha value is -3.21. The minimum Gasteiger partial charge on any atom is -0.349 e. The summed E-state index contributed by atoms with van der Waals surface area (Å²) < 4.78 is 78.5. The molecular formula is C13H10FN3O10S2. The zero-order valence-corrected chi connectivity index (χ0v) is 15.7. The number of hydrogen-bond acceptors (Lipinski definition) is 9. The van der Waals surface area contributed by atoms with Crippen LogP contribution < -0.4 is 5.32 Å². The van der Waals surface area contributed by atoms with Gasteiger partial charge in [-0.25, -0.2) is 0 Å². The van der Waals surface area contributed by atoms with Crippen LogP contribution in [0.1, 0.15) is 5.56 Å². The molecule has 0 aromatic heterocycles. The second-order valence-corrected chi connectivity index (χ2v) is 8.30. The van der Waals surface area contributed by atoms with E-state index in [1.54, 1.807) is 0 Å². The number of nitro benzene ring substituents is 2. The molecule has 0 aliphatic rings. The van der Waals surface area contributed by atoms with Crippen molar-refractivity contribution in [3.8, 4) is 0 Å². The van der Waals surface area contributed by atoms with Gasteiger partial charge in [-0.2, -0.15) is 21.2 Å². The van der Waals surface area contributed by atoms with Gasteiger partial charge in [0.05, 0.1) is 26.5 Å². The van der Waals surface area contributed by atoms with E-state index in [0.29, 0.717) is 18.2 Å². The number of halogens is 1. The fourth-order valence-corrected chi connectivity index (χ4v) is 3.78. The lowest BCUT2D eigenvalue weighted by molar-refractivity contribution is -0.395. The van der Waals surface area contributed by atoms with E-state index >= 15 is 0 Å². The Morgan fingerprint density at radius 1 is 0.862 bits per heavy atom. The number of nitrogens with one attached hydrogen (secondary N) is 1. The van der Waals surface area contributed by atoms with E-state index in [9.17, 15) is 50.6 Å². The number of hydrogen-bond donors (Lipinski definition) is 3. The number of aryl methyl sites for hydroxylation is 1. The predicted octanol–water partition coefficient (Wildman–Crippen LogP) is 2.19. The molecule has 0 aliphatic carbocycles. The number of nitrogens with zero attached hydrogens (tertiary/aromatic N) is 2. The smallest absolute Gasteiger partial charge is 0.311 e. The zero-order valence-electron chi connectivity index (χ0n) is 14.1. The summed E-state index contributed by atoms with van der Waals surface area (Å²) in [7, 11) is -9.89. The average Bonchev–Trinajstić information content (AvgIpc) is 2.53. The molecular weight excluding hydrogens is 441 g/mol. The van der Waals surface area contributed by atoms with Crippen molar-refractivity contribution in [3.05, 3.63) is 55.9 Å². The van der Waals surface area contributed by atoms with Crippen molar-refractivity contribution in [2.45, 2.75) is 16.7 Å². The Morgan fingerprint density at radius 2 is 1.38 bits per heavy atom. The van der Waals surface area contributed by atoms with Gasteiger partial charge < -0.3 is 5.32 Å². The highest BCUT2D eigenvalue weighted by Gasteiger charge is 2.28. The van der Waals surface area contributed by atoms with E-state index in [4.69, 9.17) is 0 Å². The lowest BCUT2D eigenvalue weighted by atomic mass is 10.2. The Bertz CT molecular complexity index is 1260. The summed E-state index contributed by atoms with van der Waals surface area (Å²) in [4.78, 5) is 17.8. The van der Waals surface area contributed by atoms with Crippen LogP contribution in [-0.2, 0) is 20.2 Å². The van der Waals surface area contributed by atoms with Gasteiger partial charge in [0.2, 0.25) is 5.82 Å². The number of benzene rings is 2. The van der Waals surface area contributed by atoms with Crippen molar-refractivity contribution in [1.82, 2.24) is 0 Å². The van der Waals surface area contributed by atoms with Crippen LogP contribution in [0, 0.1) is 33.0 Å². The highest BCUT2D eigenvalue weighted by Crippen LogP contribution is 2.36. The first-order chi connectivity index (χ1) is 13.1. The molecule has 0 fully saturated rings. The molecule has 0 saturated carbocycles. The summed E-state index contributed by atoms with van der Waals surface area (Å²) in [5.41, 5.74) is -4.14. The standard InChI is InChI=1S/C13H10FN3O10S2/c1-6-2-13(29(25,26)27)9(4-12(6)28(22,23)24)15-8-3-7(14)10(16(18)19)5-11(8)17(20)21/h2-5,15H,1H3,(H,22,23,24)(H,25,26,27). The third-order valence-corrected chi connectivity index (χ3v) is 5.45. The molecule has 29 heavy (non-hydrogen) atoms. The van der Waals surface area contributed by atoms with E-state index in [-0.39, 0.29) is 11.6 Å². The molecule has 13 nitrogen and oxygen atoms in total. The van der Waals surface area contributed by atoms with Crippen LogP contribution in [0.15, 0.2) is 34.1 Å². The van der Waals surface area contributed by atoms with Crippen LogP contribution in [-0.4, -0.2) is 35.8 Å². The molecule has 3 N–H and O–H groups in total. The third-order valence-electron chi connectivity index (χ3n) is 3.56. The van der Waals surface area contributed by atoms with Crippen molar-refractivity contribution < 1.29 is 40.2 Å². The average molecular weight is 451 g/mol. The fourth-order valence-electron chi connectivity index (χ4n) is 2.34. The maximum absolute atomic E-state index is 13.9. The molecule has 0 spiro atoms. The zero-order chi connectivity index (χ0) is 22.3. The minimum atomic E-state index is -5.01. The molecule has 0 bridgehead atoms. The van der Waals surface area contributed by atoms with Crippen LogP contribution >= 0.6 is 0 Å². The molecule has 0 heterocycles. The topological polar surface area (TPSA) is 207 Å². The first-order valence-corrected chi connectivity index (χ1v) is 10.00. The van der Waals surface area contributed by atoms with Gasteiger partial charge in [0.1, 0.15) is 10.6 Å². The van der Waals surface area contributed by atoms with E-state index in [0.717, 1.165) is 6.92 Å². The minimum absolute atomic E-state index is 0.267. The molecule has 2 rings (SSSR count). The van der Waals surface area contributed by atoms with Crippen LogP contribution in [0.4, 0.5) is 27.1 Å². The van der Waals surface area contributed by atoms with Gasteiger partial charge in [0, 0.05) is 6.07 Å². The van der Waals surface area contributed by atoms with Crippen LogP contribution in [0.25, 0.3) is 0 Å². The van der Waals surface area contributed by atoms with Crippen LogP contribution in [0.5, 0.6) is 0 Å². The van der Waals surface area contributed by atoms with E-state index < -0.39 is 68.4 Å². The van der Waals surface area contributed by atoms with Crippen molar-refractivity contribution in [2.24, 2.45) is 0 Å². The summed E-state index contributed by atoms with van der Waals surface area (Å²) in [6, 6.07) is 1.77. The lowest BCUT2D eigenvalue weighted by Gasteiger charge is -2.14. The Labute approximate surface area is 161 Å². The third kappa shape index (κ3) is 4.62. The van der Waals surface area contributed by atoms with Crippen molar-refractivity contribution in [3.63, 3.8) is 0 Å². The first kappa shape index (κ1) is 22.1. The molecule has 156 valence electrons. The largest absolute Gasteiger partial charge is 0.349 e. The van der Waals surface area contributed by atoms with Gasteiger partial charge in [-0.05, 0) is 24.6 Å². The van der Waals surface area contributed by atoms with Gasteiger partial charge in [-0.1, -0.05) is 0 Å². The number of anilines is 2. The summed E-state index contributed by atoms with van der Waals surface area (Å²) in [5.74, 6) is -1.52. The molecule has 0 atom stereocenters. The molecule has 0 amide bonds. The second kappa shape index (κ2) is 7.32. The van der Waals surface area contributed by atoms with Gasteiger partial charge in [0.25, 0.3) is 25.9 Å². The van der Waals surface area contributed by atoms with Gasteiger partial charge >= 0.3 is 5.69 Å². The lowest BCUT2D eigenvalue weighted by Crippen LogP contribution is -2.09. The molecule has 2 aromatic carbocycles. The van der Waals surface area contributed by atoms with Gasteiger partial charge in [-0.15, -0.1) is 0 Å². The van der Waals surface area contributed by atoms with Gasteiger partial charge in [-0.3, -0.25) is 29.3 Å². The SMILES string of the molecule is Cc1cc(S(=O)(=O)O)c(Nc2cc(F)c([N+](=O)[O-])cc2[N+](=O)[O-])cc1S(=O)(=O)O. The Kier molecular flexibility index (Phi) is 5.57. The van der Waals surface area contributed by atoms with E-state index in [1.807, 2.05) is 0 Å². The Balaban J connectivity index is 2.81. The highest BCUT2D eigenvalue weighted by atomic mass is 32.2. The summed E-state index contributed by atoms with van der Waals surface area (Å²) in [5, 5.41) is 24.0. The summed E-state index contributed by atoms with van der Waals surface area (Å²) >= 11 is 0. The van der Waals surface area contributed by atoms with E-state index in [2.05, 4.69) is 5.32 Å². The summed E-state index contributed by atoms with van der Waals surface area (Å²) in [6.45, 7) is 1.09. The number of rotatable bonds is 6. The normalized spacial score (nSPS) is 11.9. The van der Waals surface area contributed by atoms with Crippen molar-refractivity contribution in [1.29, 1.82) is 0 Å². The maximum atomic E-state index is 13.9. The molecule has 0 unspecified atom stereocenters. The Morgan fingerprint density at radius 3 is 1.83 bits per heavy atom. The van der Waals surface area contributed by atoms with Crippen LogP contribution in [0.2, 0.25) is 0 Å². The fraction of sp³-hybridized carbons (Fsp3) is 0.0769. The molecule has 2 aromatic rings. The molecule has 16 heteroatoms. The first-order valence-electron chi connectivity index (χ1n) is 7.12. The predicted molar refractivity (Wildman–Crippen MR) is 93.8 cm³/mol. The van der Waals surface area contributed by atoms with Crippen LogP contribution in [0.3, 0.4) is 0 Å². The second-order valence-electron chi connectivity index (χ2n) is 5.52. The monoisotopic (exact) mass is 451 g/mol. The van der Waals surface area contributed by atoms with Crippen molar-refractivity contribution >= 4 is 43.0 Å². The quantitative estimate of drug-likeness (QED) is 0.329. The highest BCUT2D eigenvalue weighted by molar-refractivity contribution is 7.86. The summed E-state index contributed by atoms with van der Waals surface area (Å²) in [6.07, 6.45) is 0. The maximum Gasteiger partial charge on any atom is 0.311 e. The van der Waals surface area contributed by atoms with E-state index in [1.165, 1.54) is 0 Å². The van der Waals surface area contributed by atoms with Gasteiger partial charge in [0.15, 0.2) is 0 Å². The number of nitro groups is 2. The molecule has 0 aliphatic heterocycles. The molecule has 0 saturated heterocycles.